The Morgan fingerprint density at radius 2 is 2.17 bits per heavy atom. The Balaban J connectivity index is 3.31. The molecule has 0 amide bonds. The van der Waals surface area contributed by atoms with Gasteiger partial charge in [0.1, 0.15) is 0 Å². The maximum Gasteiger partial charge on any atom is 0.0701 e. The fraction of sp³-hybridized carbons (Fsp3) is 0.800. The molecule has 0 heterocycles. The third-order valence-electron chi connectivity index (χ3n) is 1.62. The van der Waals surface area contributed by atoms with Crippen LogP contribution in [0.2, 0.25) is 0 Å². The van der Waals surface area contributed by atoms with Gasteiger partial charge in [-0.15, -0.1) is 0 Å². The number of hydrogen-bond acceptors (Lipinski definition) is 2. The van der Waals surface area contributed by atoms with E-state index in [1.807, 2.05) is 6.92 Å². The first-order chi connectivity index (χ1) is 5.66. The SMILES string of the molecule is CC(C)=CCCC(C)OCCO. The number of allylic oxidation sites excluding steroid dienone is 2. The molecule has 0 aliphatic rings. The van der Waals surface area contributed by atoms with Crippen LogP contribution < -0.4 is 0 Å². The average molecular weight is 172 g/mol. The lowest BCUT2D eigenvalue weighted by Gasteiger charge is -2.10. The molecule has 0 aromatic rings. The smallest absolute Gasteiger partial charge is 0.0701 e. The van der Waals surface area contributed by atoms with Gasteiger partial charge in [-0.25, -0.2) is 0 Å². The zero-order chi connectivity index (χ0) is 9.40. The van der Waals surface area contributed by atoms with E-state index in [2.05, 4.69) is 19.9 Å². The van der Waals surface area contributed by atoms with Gasteiger partial charge in [0.15, 0.2) is 0 Å². The predicted molar refractivity (Wildman–Crippen MR) is 51.2 cm³/mol. The van der Waals surface area contributed by atoms with Gasteiger partial charge in [-0.3, -0.25) is 0 Å². The van der Waals surface area contributed by atoms with Crippen molar-refractivity contribution in [2.75, 3.05) is 13.2 Å². The molecule has 0 aliphatic heterocycles. The van der Waals surface area contributed by atoms with E-state index in [4.69, 9.17) is 9.84 Å². The molecule has 0 saturated carbocycles. The quantitative estimate of drug-likeness (QED) is 0.622. The van der Waals surface area contributed by atoms with Crippen LogP contribution in [0.25, 0.3) is 0 Å². The number of rotatable bonds is 6. The fourth-order valence-electron chi connectivity index (χ4n) is 0.944. The molecule has 2 nitrogen and oxygen atoms in total. The van der Waals surface area contributed by atoms with Crippen LogP contribution in [0.3, 0.4) is 0 Å². The highest BCUT2D eigenvalue weighted by Gasteiger charge is 1.98. The highest BCUT2D eigenvalue weighted by atomic mass is 16.5. The molecule has 1 unspecified atom stereocenters. The number of hydrogen-bond donors (Lipinski definition) is 1. The minimum atomic E-state index is 0.118. The Kier molecular flexibility index (Phi) is 7.11. The Labute approximate surface area is 75.2 Å². The Hall–Kier alpha value is -0.340. The molecule has 2 heteroatoms. The van der Waals surface area contributed by atoms with Crippen LogP contribution in [0.1, 0.15) is 33.6 Å². The number of aliphatic hydroxyl groups is 1. The highest BCUT2D eigenvalue weighted by Crippen LogP contribution is 2.03. The molecular formula is C10H20O2. The molecule has 12 heavy (non-hydrogen) atoms. The van der Waals surface area contributed by atoms with Crippen molar-refractivity contribution < 1.29 is 9.84 Å². The van der Waals surface area contributed by atoms with Gasteiger partial charge in [0, 0.05) is 0 Å². The molecule has 0 fully saturated rings. The summed E-state index contributed by atoms with van der Waals surface area (Å²) in [5, 5.41) is 8.49. The summed E-state index contributed by atoms with van der Waals surface area (Å²) in [6.07, 6.45) is 4.56. The minimum absolute atomic E-state index is 0.118. The standard InChI is InChI=1S/C10H20O2/c1-9(2)5-4-6-10(3)12-8-7-11/h5,10-11H,4,6-8H2,1-3H3. The molecule has 0 aromatic heterocycles. The Bertz CT molecular complexity index is 126. The first-order valence-electron chi connectivity index (χ1n) is 4.52. The largest absolute Gasteiger partial charge is 0.394 e. The van der Waals surface area contributed by atoms with Gasteiger partial charge >= 0.3 is 0 Å². The summed E-state index contributed by atoms with van der Waals surface area (Å²) < 4.78 is 5.29. The predicted octanol–water partition coefficient (Wildman–Crippen LogP) is 2.13. The van der Waals surface area contributed by atoms with Gasteiger partial charge in [0.2, 0.25) is 0 Å². The van der Waals surface area contributed by atoms with Crippen LogP contribution in [-0.4, -0.2) is 24.4 Å². The number of aliphatic hydroxyl groups excluding tert-OH is 1. The number of ether oxygens (including phenoxy) is 1. The lowest BCUT2D eigenvalue weighted by molar-refractivity contribution is 0.0353. The summed E-state index contributed by atoms with van der Waals surface area (Å²) in [6.45, 7) is 6.80. The van der Waals surface area contributed by atoms with E-state index in [-0.39, 0.29) is 12.7 Å². The molecule has 0 aromatic carbocycles. The van der Waals surface area contributed by atoms with Crippen molar-refractivity contribution >= 4 is 0 Å². The van der Waals surface area contributed by atoms with Gasteiger partial charge < -0.3 is 9.84 Å². The van der Waals surface area contributed by atoms with Crippen molar-refractivity contribution in [1.29, 1.82) is 0 Å². The summed E-state index contributed by atoms with van der Waals surface area (Å²) in [6, 6.07) is 0. The van der Waals surface area contributed by atoms with Crippen LogP contribution in [0, 0.1) is 0 Å². The third-order valence-corrected chi connectivity index (χ3v) is 1.62. The third kappa shape index (κ3) is 7.76. The molecule has 72 valence electrons. The fourth-order valence-corrected chi connectivity index (χ4v) is 0.944. The van der Waals surface area contributed by atoms with Gasteiger partial charge in [0.05, 0.1) is 19.3 Å². The summed E-state index contributed by atoms with van der Waals surface area (Å²) >= 11 is 0. The van der Waals surface area contributed by atoms with E-state index in [9.17, 15) is 0 Å². The summed E-state index contributed by atoms with van der Waals surface area (Å²) in [5.74, 6) is 0. The molecule has 0 saturated heterocycles. The van der Waals surface area contributed by atoms with Crippen molar-refractivity contribution in [3.05, 3.63) is 11.6 Å². The second-order valence-corrected chi connectivity index (χ2v) is 3.26. The van der Waals surface area contributed by atoms with Gasteiger partial charge in [-0.1, -0.05) is 11.6 Å². The van der Waals surface area contributed by atoms with Crippen molar-refractivity contribution in [3.8, 4) is 0 Å². The van der Waals surface area contributed by atoms with E-state index in [0.29, 0.717) is 6.61 Å². The molecule has 0 radical (unpaired) electrons. The van der Waals surface area contributed by atoms with E-state index in [1.165, 1.54) is 5.57 Å². The second-order valence-electron chi connectivity index (χ2n) is 3.26. The summed E-state index contributed by atoms with van der Waals surface area (Å²) in [4.78, 5) is 0. The molecule has 0 spiro atoms. The van der Waals surface area contributed by atoms with E-state index < -0.39 is 0 Å². The van der Waals surface area contributed by atoms with Crippen molar-refractivity contribution in [3.63, 3.8) is 0 Å². The van der Waals surface area contributed by atoms with Crippen LogP contribution in [0.5, 0.6) is 0 Å². The summed E-state index contributed by atoms with van der Waals surface area (Å²) in [7, 11) is 0. The van der Waals surface area contributed by atoms with Gasteiger partial charge in [0.25, 0.3) is 0 Å². The topological polar surface area (TPSA) is 29.5 Å². The Morgan fingerprint density at radius 3 is 2.67 bits per heavy atom. The van der Waals surface area contributed by atoms with E-state index in [0.717, 1.165) is 12.8 Å². The van der Waals surface area contributed by atoms with Crippen LogP contribution >= 0.6 is 0 Å². The lowest BCUT2D eigenvalue weighted by atomic mass is 10.2. The normalized spacial score (nSPS) is 12.7. The first kappa shape index (κ1) is 11.7. The van der Waals surface area contributed by atoms with Gasteiger partial charge in [-0.2, -0.15) is 0 Å². The highest BCUT2D eigenvalue weighted by molar-refractivity contribution is 4.92. The van der Waals surface area contributed by atoms with Crippen molar-refractivity contribution in [2.24, 2.45) is 0 Å². The Morgan fingerprint density at radius 1 is 1.50 bits per heavy atom. The van der Waals surface area contributed by atoms with Crippen molar-refractivity contribution in [2.45, 2.75) is 39.7 Å². The van der Waals surface area contributed by atoms with Crippen molar-refractivity contribution in [1.82, 2.24) is 0 Å². The second kappa shape index (κ2) is 7.32. The summed E-state index contributed by atoms with van der Waals surface area (Å²) in [5.41, 5.74) is 1.35. The molecule has 0 rings (SSSR count). The van der Waals surface area contributed by atoms with Gasteiger partial charge in [-0.05, 0) is 33.6 Å². The maximum absolute atomic E-state index is 8.49. The van der Waals surface area contributed by atoms with E-state index in [1.54, 1.807) is 0 Å². The molecule has 1 N–H and O–H groups in total. The monoisotopic (exact) mass is 172 g/mol. The zero-order valence-electron chi connectivity index (χ0n) is 8.34. The first-order valence-corrected chi connectivity index (χ1v) is 4.52. The molecule has 0 bridgehead atoms. The molecule has 0 aliphatic carbocycles. The van der Waals surface area contributed by atoms with Crippen LogP contribution in [0.4, 0.5) is 0 Å². The zero-order valence-corrected chi connectivity index (χ0v) is 8.34. The average Bonchev–Trinajstić information content (AvgIpc) is 2.00. The van der Waals surface area contributed by atoms with E-state index >= 15 is 0 Å². The maximum atomic E-state index is 8.49. The molecular weight excluding hydrogens is 152 g/mol. The minimum Gasteiger partial charge on any atom is -0.394 e. The van der Waals surface area contributed by atoms with Crippen LogP contribution in [0.15, 0.2) is 11.6 Å². The lowest BCUT2D eigenvalue weighted by Crippen LogP contribution is -2.10. The molecule has 1 atom stereocenters. The van der Waals surface area contributed by atoms with Crippen LogP contribution in [-0.2, 0) is 4.74 Å².